The van der Waals surface area contributed by atoms with E-state index in [1.165, 1.54) is 11.6 Å². The second-order valence-electron chi connectivity index (χ2n) is 6.62. The first-order chi connectivity index (χ1) is 13.0. The molecule has 3 aromatic rings. The molecule has 0 unspecified atom stereocenters. The molecule has 0 saturated carbocycles. The first kappa shape index (κ1) is 17.1. The van der Waals surface area contributed by atoms with Crippen LogP contribution >= 0.6 is 0 Å². The number of aromatic nitrogens is 4. The maximum Gasteiger partial charge on any atom is 0.325 e. The molecule has 0 saturated heterocycles. The van der Waals surface area contributed by atoms with E-state index in [2.05, 4.69) is 15.1 Å². The molecule has 1 N–H and O–H groups in total. The fraction of sp³-hybridized carbons (Fsp3) is 0.316. The third-order valence-electron chi connectivity index (χ3n) is 4.55. The van der Waals surface area contributed by atoms with Gasteiger partial charge < -0.3 is 9.84 Å². The molecule has 0 aliphatic carbocycles. The molecule has 0 amide bonds. The molecule has 8 heteroatoms. The molecule has 138 valence electrons. The van der Waals surface area contributed by atoms with Crippen LogP contribution in [0.2, 0.25) is 0 Å². The summed E-state index contributed by atoms with van der Waals surface area (Å²) in [5, 5.41) is 14.0. The van der Waals surface area contributed by atoms with Gasteiger partial charge in [0.25, 0.3) is 0 Å². The normalized spacial score (nSPS) is 13.3. The Labute approximate surface area is 154 Å². The molecule has 1 aliphatic rings. The summed E-state index contributed by atoms with van der Waals surface area (Å²) in [7, 11) is 0. The summed E-state index contributed by atoms with van der Waals surface area (Å²) in [6.07, 6.45) is 5.07. The number of rotatable bonds is 4. The van der Waals surface area contributed by atoms with E-state index in [0.29, 0.717) is 29.1 Å². The minimum absolute atomic E-state index is 0.219. The number of ether oxygens (including phenoxy) is 1. The van der Waals surface area contributed by atoms with Gasteiger partial charge in [0, 0.05) is 35.8 Å². The molecule has 2 aromatic heterocycles. The van der Waals surface area contributed by atoms with Gasteiger partial charge in [0.1, 0.15) is 23.5 Å². The van der Waals surface area contributed by atoms with Gasteiger partial charge in [-0.05, 0) is 31.4 Å². The Morgan fingerprint density at radius 3 is 2.70 bits per heavy atom. The van der Waals surface area contributed by atoms with Crippen LogP contribution in [0.4, 0.5) is 0 Å². The van der Waals surface area contributed by atoms with Crippen LogP contribution < -0.4 is 4.74 Å². The predicted molar refractivity (Wildman–Crippen MR) is 97.0 cm³/mol. The van der Waals surface area contributed by atoms with Crippen LogP contribution in [0, 0.1) is 6.92 Å². The molecular weight excluding hydrogens is 348 g/mol. The lowest BCUT2D eigenvalue weighted by molar-refractivity contribution is -0.137. The molecule has 0 bridgehead atoms. The van der Waals surface area contributed by atoms with Crippen molar-refractivity contribution in [1.29, 1.82) is 0 Å². The molecule has 8 nitrogen and oxygen atoms in total. The van der Waals surface area contributed by atoms with Crippen molar-refractivity contribution < 1.29 is 19.4 Å². The first-order valence-corrected chi connectivity index (χ1v) is 8.66. The lowest BCUT2D eigenvalue weighted by Crippen LogP contribution is -2.14. The number of ketones is 1. The number of carbonyl (C=O) groups is 2. The number of nitrogens with zero attached hydrogens (tertiary/aromatic N) is 4. The highest BCUT2D eigenvalue weighted by atomic mass is 16.5. The molecule has 4 rings (SSSR count). The van der Waals surface area contributed by atoms with Crippen LogP contribution in [0.15, 0.2) is 18.5 Å². The average molecular weight is 366 g/mol. The number of carboxylic acids is 1. The summed E-state index contributed by atoms with van der Waals surface area (Å²) in [6.45, 7) is 3.50. The molecule has 0 spiro atoms. The summed E-state index contributed by atoms with van der Waals surface area (Å²) >= 11 is 0. The Bertz CT molecular complexity index is 1070. The van der Waals surface area contributed by atoms with Gasteiger partial charge in [-0.3, -0.25) is 9.59 Å². The lowest BCUT2D eigenvalue weighted by Gasteiger charge is -2.21. The highest BCUT2D eigenvalue weighted by Crippen LogP contribution is 2.41. The van der Waals surface area contributed by atoms with E-state index in [0.717, 1.165) is 29.5 Å². The number of hydrogen-bond donors (Lipinski definition) is 1. The minimum atomic E-state index is -1.04. The Morgan fingerprint density at radius 1 is 1.30 bits per heavy atom. The monoisotopic (exact) mass is 366 g/mol. The number of Topliss-reactive ketones (excluding diaryl/α,β-unsaturated/α-hetero) is 1. The van der Waals surface area contributed by atoms with Gasteiger partial charge in [0.15, 0.2) is 11.6 Å². The summed E-state index contributed by atoms with van der Waals surface area (Å²) in [4.78, 5) is 32.2. The van der Waals surface area contributed by atoms with Crippen molar-refractivity contribution in [2.24, 2.45) is 0 Å². The van der Waals surface area contributed by atoms with Crippen LogP contribution in [0.5, 0.6) is 5.75 Å². The zero-order valence-electron chi connectivity index (χ0n) is 15.0. The van der Waals surface area contributed by atoms with Gasteiger partial charge in [-0.2, -0.15) is 5.10 Å². The van der Waals surface area contributed by atoms with Crippen molar-refractivity contribution in [3.63, 3.8) is 0 Å². The van der Waals surface area contributed by atoms with Crippen LogP contribution in [-0.2, 0) is 17.8 Å². The van der Waals surface area contributed by atoms with E-state index in [1.54, 1.807) is 12.4 Å². The third-order valence-corrected chi connectivity index (χ3v) is 4.55. The molecule has 1 aromatic carbocycles. The predicted octanol–water partition coefficient (Wildman–Crippen LogP) is 2.41. The number of aliphatic carboxylic acids is 1. The van der Waals surface area contributed by atoms with Gasteiger partial charge in [-0.15, -0.1) is 0 Å². The number of fused-ring (bicyclic) bond motifs is 3. The Morgan fingerprint density at radius 2 is 2.04 bits per heavy atom. The topological polar surface area (TPSA) is 107 Å². The van der Waals surface area contributed by atoms with Crippen LogP contribution in [0.3, 0.4) is 0 Å². The number of benzene rings is 1. The lowest BCUT2D eigenvalue weighted by atomic mass is 9.95. The molecule has 0 atom stereocenters. The molecule has 27 heavy (non-hydrogen) atoms. The Balaban J connectivity index is 2.06. The van der Waals surface area contributed by atoms with Crippen LogP contribution in [0.1, 0.15) is 35.0 Å². The van der Waals surface area contributed by atoms with Crippen molar-refractivity contribution in [3.8, 4) is 17.1 Å². The fourth-order valence-corrected chi connectivity index (χ4v) is 3.41. The average Bonchev–Trinajstić information content (AvgIpc) is 3.00. The van der Waals surface area contributed by atoms with Crippen molar-refractivity contribution in [2.45, 2.75) is 33.2 Å². The summed E-state index contributed by atoms with van der Waals surface area (Å²) in [5.41, 5.74) is 3.40. The van der Waals surface area contributed by atoms with E-state index in [1.807, 2.05) is 13.0 Å². The van der Waals surface area contributed by atoms with E-state index < -0.39 is 5.97 Å². The highest BCUT2D eigenvalue weighted by Gasteiger charge is 2.27. The van der Waals surface area contributed by atoms with E-state index in [4.69, 9.17) is 4.74 Å². The van der Waals surface area contributed by atoms with Gasteiger partial charge in [0.05, 0.1) is 6.61 Å². The van der Waals surface area contributed by atoms with Gasteiger partial charge in [-0.25, -0.2) is 14.6 Å². The van der Waals surface area contributed by atoms with E-state index in [9.17, 15) is 14.7 Å². The third kappa shape index (κ3) is 2.92. The standard InChI is InChI=1S/C19H18N4O4/c1-10-7-20-19(21-8-10)13-6-14-16(11(2)24)22-23(9-15(25)26)17(14)18-12(13)4-3-5-27-18/h6-8H,3-5,9H2,1-2H3,(H,25,26). The molecule has 3 heterocycles. The first-order valence-electron chi connectivity index (χ1n) is 8.66. The van der Waals surface area contributed by atoms with Gasteiger partial charge in [0.2, 0.25) is 0 Å². The number of hydrogen-bond acceptors (Lipinski definition) is 6. The second kappa shape index (κ2) is 6.46. The smallest absolute Gasteiger partial charge is 0.325 e. The Kier molecular flexibility index (Phi) is 4.10. The zero-order chi connectivity index (χ0) is 19.1. The zero-order valence-corrected chi connectivity index (χ0v) is 15.0. The van der Waals surface area contributed by atoms with Gasteiger partial charge >= 0.3 is 5.97 Å². The quantitative estimate of drug-likeness (QED) is 0.707. The van der Waals surface area contributed by atoms with Crippen LogP contribution in [0.25, 0.3) is 22.3 Å². The second-order valence-corrected chi connectivity index (χ2v) is 6.62. The molecule has 0 radical (unpaired) electrons. The molecule has 0 fully saturated rings. The number of carbonyl (C=O) groups excluding carboxylic acids is 1. The molecular formula is C19H18N4O4. The minimum Gasteiger partial charge on any atom is -0.491 e. The van der Waals surface area contributed by atoms with E-state index >= 15 is 0 Å². The Hall–Kier alpha value is -3.29. The van der Waals surface area contributed by atoms with Gasteiger partial charge in [-0.1, -0.05) is 0 Å². The summed E-state index contributed by atoms with van der Waals surface area (Å²) < 4.78 is 7.25. The summed E-state index contributed by atoms with van der Waals surface area (Å²) in [6, 6.07) is 1.83. The maximum absolute atomic E-state index is 12.1. The highest BCUT2D eigenvalue weighted by molar-refractivity contribution is 6.08. The van der Waals surface area contributed by atoms with Crippen LogP contribution in [-0.4, -0.2) is 43.2 Å². The van der Waals surface area contributed by atoms with E-state index in [-0.39, 0.29) is 18.0 Å². The number of carboxylic acid groups (broad SMARTS) is 1. The number of aryl methyl sites for hydroxylation is 1. The maximum atomic E-state index is 12.1. The van der Waals surface area contributed by atoms with Crippen molar-refractivity contribution in [2.75, 3.05) is 6.61 Å². The molecule has 1 aliphatic heterocycles. The van der Waals surface area contributed by atoms with Crippen molar-refractivity contribution in [3.05, 3.63) is 35.3 Å². The SMILES string of the molecule is CC(=O)c1nn(CC(=O)O)c2c3c(c(-c4ncc(C)cn4)cc12)CCCO3. The fourth-order valence-electron chi connectivity index (χ4n) is 3.41. The summed E-state index contributed by atoms with van der Waals surface area (Å²) in [5.74, 6) is -0.162. The van der Waals surface area contributed by atoms with Crippen molar-refractivity contribution in [1.82, 2.24) is 19.7 Å². The van der Waals surface area contributed by atoms with Crippen molar-refractivity contribution >= 4 is 22.7 Å². The largest absolute Gasteiger partial charge is 0.491 e.